The standard InChI is InChI=1S/C6H6N2O/c9-6-4-7-5-2-1-3-8(5)6/h1-4,6,9H. The maximum atomic E-state index is 9.08. The Hall–Kier alpha value is -1.09. The molecule has 1 aliphatic rings. The average Bonchev–Trinajstić information content (AvgIpc) is 2.35. The number of aromatic nitrogens is 1. The predicted molar refractivity (Wildman–Crippen MR) is 33.8 cm³/mol. The Balaban J connectivity index is 2.60. The number of hydrogen-bond donors (Lipinski definition) is 1. The molecule has 1 N–H and O–H groups in total. The van der Waals surface area contributed by atoms with Crippen molar-refractivity contribution in [1.29, 1.82) is 0 Å². The van der Waals surface area contributed by atoms with Gasteiger partial charge in [-0.3, -0.25) is 0 Å². The molecule has 0 saturated carbocycles. The molecule has 9 heavy (non-hydrogen) atoms. The van der Waals surface area contributed by atoms with Crippen molar-refractivity contribution < 1.29 is 5.11 Å². The highest BCUT2D eigenvalue weighted by Gasteiger charge is 2.11. The number of nitrogens with zero attached hydrogens (tertiary/aromatic N) is 2. The van der Waals surface area contributed by atoms with Crippen molar-refractivity contribution in [3.05, 3.63) is 18.3 Å². The van der Waals surface area contributed by atoms with Gasteiger partial charge < -0.3 is 9.67 Å². The topological polar surface area (TPSA) is 37.5 Å². The first-order valence-corrected chi connectivity index (χ1v) is 2.77. The molecule has 3 heteroatoms. The van der Waals surface area contributed by atoms with Crippen LogP contribution < -0.4 is 0 Å². The Morgan fingerprint density at radius 3 is 3.33 bits per heavy atom. The Kier molecular flexibility index (Phi) is 0.765. The average molecular weight is 122 g/mol. The lowest BCUT2D eigenvalue weighted by Gasteiger charge is -1.99. The van der Waals surface area contributed by atoms with E-state index >= 15 is 0 Å². The quantitative estimate of drug-likeness (QED) is 0.540. The predicted octanol–water partition coefficient (Wildman–Crippen LogP) is 0.695. The highest BCUT2D eigenvalue weighted by Crippen LogP contribution is 2.21. The normalized spacial score (nSPS) is 22.6. The summed E-state index contributed by atoms with van der Waals surface area (Å²) in [5, 5.41) is 9.08. The monoisotopic (exact) mass is 122 g/mol. The molecule has 1 unspecified atom stereocenters. The van der Waals surface area contributed by atoms with Gasteiger partial charge in [-0.2, -0.15) is 0 Å². The SMILES string of the molecule is OC1C=Nc2cccn21. The molecule has 1 aliphatic heterocycles. The fourth-order valence-corrected chi connectivity index (χ4v) is 0.933. The number of rotatable bonds is 0. The van der Waals surface area contributed by atoms with Gasteiger partial charge in [0.2, 0.25) is 0 Å². The minimum atomic E-state index is -0.546. The van der Waals surface area contributed by atoms with Crippen molar-refractivity contribution in [2.75, 3.05) is 0 Å². The van der Waals surface area contributed by atoms with Gasteiger partial charge in [-0.1, -0.05) is 0 Å². The lowest BCUT2D eigenvalue weighted by Crippen LogP contribution is -2.00. The van der Waals surface area contributed by atoms with Gasteiger partial charge in [0.05, 0.1) is 6.21 Å². The van der Waals surface area contributed by atoms with Gasteiger partial charge in [-0.25, -0.2) is 4.99 Å². The van der Waals surface area contributed by atoms with Gasteiger partial charge >= 0.3 is 0 Å². The Bertz CT molecular complexity index is 251. The van der Waals surface area contributed by atoms with Crippen molar-refractivity contribution in [3.8, 4) is 0 Å². The summed E-state index contributed by atoms with van der Waals surface area (Å²) in [7, 11) is 0. The summed E-state index contributed by atoms with van der Waals surface area (Å²) in [5.74, 6) is 0.822. The zero-order chi connectivity index (χ0) is 6.27. The molecule has 2 rings (SSSR count). The number of hydrogen-bond acceptors (Lipinski definition) is 2. The van der Waals surface area contributed by atoms with Crippen LogP contribution in [0.1, 0.15) is 6.23 Å². The van der Waals surface area contributed by atoms with E-state index in [4.69, 9.17) is 5.11 Å². The third-order valence-electron chi connectivity index (χ3n) is 1.38. The van der Waals surface area contributed by atoms with Crippen molar-refractivity contribution in [2.45, 2.75) is 6.23 Å². The van der Waals surface area contributed by atoms with Crippen molar-refractivity contribution >= 4 is 12.0 Å². The lowest BCUT2D eigenvalue weighted by atomic mass is 10.6. The van der Waals surface area contributed by atoms with Crippen molar-refractivity contribution in [1.82, 2.24) is 4.57 Å². The summed E-state index contributed by atoms with van der Waals surface area (Å²) in [6, 6.07) is 3.71. The molecule has 0 saturated heterocycles. The summed E-state index contributed by atoms with van der Waals surface area (Å²) >= 11 is 0. The first-order chi connectivity index (χ1) is 4.38. The van der Waals surface area contributed by atoms with Crippen LogP contribution in [0.25, 0.3) is 0 Å². The molecule has 0 aliphatic carbocycles. The van der Waals surface area contributed by atoms with E-state index in [0.29, 0.717) is 0 Å². The maximum Gasteiger partial charge on any atom is 0.168 e. The zero-order valence-corrected chi connectivity index (χ0v) is 4.73. The van der Waals surface area contributed by atoms with E-state index in [1.807, 2.05) is 12.1 Å². The van der Waals surface area contributed by atoms with E-state index < -0.39 is 6.23 Å². The van der Waals surface area contributed by atoms with Crippen LogP contribution in [-0.4, -0.2) is 15.9 Å². The minimum Gasteiger partial charge on any atom is -0.368 e. The molecule has 1 aromatic heterocycles. The van der Waals surface area contributed by atoms with Crippen LogP contribution in [0.3, 0.4) is 0 Å². The fourth-order valence-electron chi connectivity index (χ4n) is 0.933. The molecule has 0 aromatic carbocycles. The van der Waals surface area contributed by atoms with Gasteiger partial charge in [0, 0.05) is 6.20 Å². The van der Waals surface area contributed by atoms with Crippen LogP contribution in [0.15, 0.2) is 23.3 Å². The fraction of sp³-hybridized carbons (Fsp3) is 0.167. The van der Waals surface area contributed by atoms with Crippen LogP contribution >= 0.6 is 0 Å². The van der Waals surface area contributed by atoms with Crippen LogP contribution in [-0.2, 0) is 0 Å². The summed E-state index contributed by atoms with van der Waals surface area (Å²) in [4.78, 5) is 3.93. The summed E-state index contributed by atoms with van der Waals surface area (Å²) in [5.41, 5.74) is 0. The highest BCUT2D eigenvalue weighted by atomic mass is 16.3. The summed E-state index contributed by atoms with van der Waals surface area (Å²) in [6.45, 7) is 0. The smallest absolute Gasteiger partial charge is 0.168 e. The first-order valence-electron chi connectivity index (χ1n) is 2.77. The lowest BCUT2D eigenvalue weighted by molar-refractivity contribution is 0.187. The van der Waals surface area contributed by atoms with Crippen molar-refractivity contribution in [3.63, 3.8) is 0 Å². The highest BCUT2D eigenvalue weighted by molar-refractivity contribution is 5.69. The molecule has 0 radical (unpaired) electrons. The van der Waals surface area contributed by atoms with Crippen molar-refractivity contribution in [2.24, 2.45) is 4.99 Å². The molecule has 2 heterocycles. The second kappa shape index (κ2) is 1.45. The minimum absolute atomic E-state index is 0.546. The van der Waals surface area contributed by atoms with Gasteiger partial charge in [0.25, 0.3) is 0 Å². The largest absolute Gasteiger partial charge is 0.368 e. The third-order valence-corrected chi connectivity index (χ3v) is 1.38. The van der Waals surface area contributed by atoms with E-state index in [2.05, 4.69) is 4.99 Å². The van der Waals surface area contributed by atoms with Gasteiger partial charge in [-0.05, 0) is 12.1 Å². The number of fused-ring (bicyclic) bond motifs is 1. The molecule has 46 valence electrons. The van der Waals surface area contributed by atoms with E-state index in [-0.39, 0.29) is 0 Å². The van der Waals surface area contributed by atoms with Crippen LogP contribution in [0.4, 0.5) is 5.82 Å². The molecule has 0 spiro atoms. The second-order valence-corrected chi connectivity index (χ2v) is 1.97. The Labute approximate surface area is 52.3 Å². The number of aliphatic hydroxyl groups excluding tert-OH is 1. The molecule has 1 atom stereocenters. The molecule has 0 bridgehead atoms. The molecule has 0 fully saturated rings. The Morgan fingerprint density at radius 1 is 1.67 bits per heavy atom. The van der Waals surface area contributed by atoms with Gasteiger partial charge in [0.15, 0.2) is 6.23 Å². The van der Waals surface area contributed by atoms with E-state index in [1.54, 1.807) is 10.8 Å². The van der Waals surface area contributed by atoms with Crippen LogP contribution in [0.5, 0.6) is 0 Å². The van der Waals surface area contributed by atoms with E-state index in [1.165, 1.54) is 6.21 Å². The summed E-state index contributed by atoms with van der Waals surface area (Å²) in [6.07, 6.45) is 2.76. The third kappa shape index (κ3) is 0.519. The number of aliphatic imine (C=N–C) groups is 1. The second-order valence-electron chi connectivity index (χ2n) is 1.97. The summed E-state index contributed by atoms with van der Waals surface area (Å²) < 4.78 is 1.69. The molecular formula is C6H6N2O. The molecule has 0 amide bonds. The van der Waals surface area contributed by atoms with Gasteiger partial charge in [0.1, 0.15) is 5.82 Å². The van der Waals surface area contributed by atoms with E-state index in [0.717, 1.165) is 5.82 Å². The molecular weight excluding hydrogens is 116 g/mol. The zero-order valence-electron chi connectivity index (χ0n) is 4.73. The van der Waals surface area contributed by atoms with Crippen LogP contribution in [0.2, 0.25) is 0 Å². The first kappa shape index (κ1) is 4.76. The number of aliphatic hydroxyl groups is 1. The van der Waals surface area contributed by atoms with Crippen LogP contribution in [0, 0.1) is 0 Å². The maximum absolute atomic E-state index is 9.08. The van der Waals surface area contributed by atoms with Gasteiger partial charge in [-0.15, -0.1) is 0 Å². The van der Waals surface area contributed by atoms with E-state index in [9.17, 15) is 0 Å². The Morgan fingerprint density at radius 2 is 2.56 bits per heavy atom. The molecule has 3 nitrogen and oxygen atoms in total. The molecule has 1 aromatic rings.